The lowest BCUT2D eigenvalue weighted by atomic mass is 9.82. The Balaban J connectivity index is 1.30. The van der Waals surface area contributed by atoms with Crippen molar-refractivity contribution in [2.24, 2.45) is 5.92 Å². The van der Waals surface area contributed by atoms with Gasteiger partial charge in [0.2, 0.25) is 5.91 Å². The van der Waals surface area contributed by atoms with E-state index in [1.807, 2.05) is 36.4 Å². The number of fused-ring (bicyclic) bond motifs is 1. The Morgan fingerprint density at radius 2 is 1.94 bits per heavy atom. The number of hydrogen-bond donors (Lipinski definition) is 2. The van der Waals surface area contributed by atoms with Crippen molar-refractivity contribution < 1.29 is 14.3 Å². The molecule has 0 bridgehead atoms. The first kappa shape index (κ1) is 21.7. The third-order valence-corrected chi connectivity index (χ3v) is 6.24. The first-order chi connectivity index (χ1) is 15.0. The average molecular weight is 459 g/mol. The van der Waals surface area contributed by atoms with Crippen molar-refractivity contribution in [3.05, 3.63) is 75.5 Å². The molecule has 31 heavy (non-hydrogen) atoms. The van der Waals surface area contributed by atoms with Crippen molar-refractivity contribution in [2.75, 3.05) is 6.54 Å². The number of carbonyl (C=O) groups is 2. The fraction of sp³-hybridized carbons (Fsp3) is 0.333. The van der Waals surface area contributed by atoms with Crippen LogP contribution in [-0.2, 0) is 20.7 Å². The molecule has 0 radical (unpaired) electrons. The molecule has 5 nitrogen and oxygen atoms in total. The number of carbonyl (C=O) groups excluding carboxylic acids is 2. The summed E-state index contributed by atoms with van der Waals surface area (Å²) >= 11 is 11.9. The lowest BCUT2D eigenvalue weighted by Gasteiger charge is -2.39. The molecule has 2 N–H and O–H groups in total. The number of benzene rings is 2. The van der Waals surface area contributed by atoms with Gasteiger partial charge in [0.25, 0.3) is 5.91 Å². The molecule has 2 fully saturated rings. The molecule has 1 saturated heterocycles. The molecule has 2 amide bonds. The maximum Gasteiger partial charge on any atom is 0.286 e. The van der Waals surface area contributed by atoms with E-state index in [2.05, 4.69) is 10.6 Å². The van der Waals surface area contributed by atoms with Crippen LogP contribution < -0.4 is 10.6 Å². The Labute approximate surface area is 191 Å². The van der Waals surface area contributed by atoms with Gasteiger partial charge in [-0.2, -0.15) is 0 Å². The summed E-state index contributed by atoms with van der Waals surface area (Å²) < 4.78 is 5.99. The predicted octanol–water partition coefficient (Wildman–Crippen LogP) is 4.38. The van der Waals surface area contributed by atoms with Crippen molar-refractivity contribution in [3.63, 3.8) is 0 Å². The normalized spacial score (nSPS) is 24.1. The maximum atomic E-state index is 12.6. The lowest BCUT2D eigenvalue weighted by molar-refractivity contribution is -0.134. The van der Waals surface area contributed by atoms with Gasteiger partial charge in [-0.25, -0.2) is 0 Å². The van der Waals surface area contributed by atoms with Gasteiger partial charge in [0, 0.05) is 22.5 Å². The van der Waals surface area contributed by atoms with Crippen molar-refractivity contribution in [3.8, 4) is 0 Å². The summed E-state index contributed by atoms with van der Waals surface area (Å²) in [7, 11) is 0. The average Bonchev–Trinajstić information content (AvgIpc) is 2.75. The van der Waals surface area contributed by atoms with Gasteiger partial charge in [-0.05, 0) is 67.2 Å². The highest BCUT2D eigenvalue weighted by atomic mass is 35.5. The zero-order valence-electron chi connectivity index (χ0n) is 16.9. The van der Waals surface area contributed by atoms with E-state index in [-0.39, 0.29) is 35.6 Å². The summed E-state index contributed by atoms with van der Waals surface area (Å²) in [6, 6.07) is 14.7. The highest BCUT2D eigenvalue weighted by Crippen LogP contribution is 2.31. The van der Waals surface area contributed by atoms with Crippen LogP contribution in [0.2, 0.25) is 10.0 Å². The molecule has 7 heteroatoms. The van der Waals surface area contributed by atoms with Gasteiger partial charge < -0.3 is 15.4 Å². The molecule has 3 unspecified atom stereocenters. The Kier molecular flexibility index (Phi) is 6.83. The standard InChI is InChI=1S/C24H24Cl2N2O3/c25-18-7-4-15(5-8-18)10-11-27-23(29)17-6-9-21-20(14-17)28-24(30)22(31-21)13-16-2-1-3-19(26)12-16/h1-5,7-8,12-13,17,20-21H,6,9-11,14H2,(H,27,29)(H,28,30)/b22-13-. The second-order valence-electron chi connectivity index (χ2n) is 7.98. The van der Waals surface area contributed by atoms with Crippen LogP contribution in [0.25, 0.3) is 6.08 Å². The number of halogens is 2. The Bertz CT molecular complexity index is 991. The SMILES string of the molecule is O=C1NC2CC(C(=O)NCCc3ccc(Cl)cc3)CCC2O/C1=C\c1cccc(Cl)c1. The third-order valence-electron chi connectivity index (χ3n) is 5.75. The molecule has 0 aromatic heterocycles. The first-order valence-electron chi connectivity index (χ1n) is 10.4. The molecule has 162 valence electrons. The molecule has 3 atom stereocenters. The minimum Gasteiger partial charge on any atom is -0.483 e. The molecule has 0 spiro atoms. The summed E-state index contributed by atoms with van der Waals surface area (Å²) in [5.41, 5.74) is 1.94. The maximum absolute atomic E-state index is 12.6. The van der Waals surface area contributed by atoms with Crippen LogP contribution in [0, 0.1) is 5.92 Å². The molecule has 4 rings (SSSR count). The quantitative estimate of drug-likeness (QED) is 0.653. The fourth-order valence-electron chi connectivity index (χ4n) is 4.10. The van der Waals surface area contributed by atoms with Gasteiger partial charge in [-0.1, -0.05) is 47.5 Å². The number of morpholine rings is 1. The molecule has 1 heterocycles. The number of rotatable bonds is 5. The van der Waals surface area contributed by atoms with Gasteiger partial charge in [0.15, 0.2) is 5.76 Å². The van der Waals surface area contributed by atoms with Crippen LogP contribution in [0.5, 0.6) is 0 Å². The summed E-state index contributed by atoms with van der Waals surface area (Å²) in [4.78, 5) is 25.1. The van der Waals surface area contributed by atoms with Crippen LogP contribution in [0.4, 0.5) is 0 Å². The van der Waals surface area contributed by atoms with E-state index in [9.17, 15) is 9.59 Å². The summed E-state index contributed by atoms with van der Waals surface area (Å²) in [5, 5.41) is 7.34. The Hall–Kier alpha value is -2.50. The molecule has 2 aromatic rings. The number of nitrogens with one attached hydrogen (secondary N) is 2. The largest absolute Gasteiger partial charge is 0.483 e. The molecular weight excluding hydrogens is 435 g/mol. The van der Waals surface area contributed by atoms with Gasteiger partial charge in [-0.3, -0.25) is 9.59 Å². The Morgan fingerprint density at radius 1 is 1.13 bits per heavy atom. The van der Waals surface area contributed by atoms with Crippen LogP contribution in [0.3, 0.4) is 0 Å². The topological polar surface area (TPSA) is 67.4 Å². The minimum atomic E-state index is -0.259. The second-order valence-corrected chi connectivity index (χ2v) is 8.85. The van der Waals surface area contributed by atoms with E-state index < -0.39 is 0 Å². The lowest BCUT2D eigenvalue weighted by Crippen LogP contribution is -2.54. The van der Waals surface area contributed by atoms with Crippen molar-refractivity contribution in [1.82, 2.24) is 10.6 Å². The zero-order valence-corrected chi connectivity index (χ0v) is 18.5. The van der Waals surface area contributed by atoms with E-state index in [0.717, 1.165) is 24.0 Å². The summed E-state index contributed by atoms with van der Waals surface area (Å²) in [5.74, 6) is -0.0739. The van der Waals surface area contributed by atoms with Gasteiger partial charge in [0.05, 0.1) is 6.04 Å². The zero-order chi connectivity index (χ0) is 21.8. The molecule has 1 saturated carbocycles. The van der Waals surface area contributed by atoms with Gasteiger partial charge in [0.1, 0.15) is 6.10 Å². The van der Waals surface area contributed by atoms with Crippen LogP contribution in [-0.4, -0.2) is 30.5 Å². The molecule has 2 aliphatic rings. The summed E-state index contributed by atoms with van der Waals surface area (Å²) in [6.45, 7) is 0.570. The van der Waals surface area contributed by atoms with Crippen molar-refractivity contribution in [2.45, 2.75) is 37.8 Å². The van der Waals surface area contributed by atoms with Crippen LogP contribution in [0.1, 0.15) is 30.4 Å². The van der Waals surface area contributed by atoms with E-state index in [4.69, 9.17) is 27.9 Å². The number of amides is 2. The smallest absolute Gasteiger partial charge is 0.286 e. The molecular formula is C24H24Cl2N2O3. The van der Waals surface area contributed by atoms with Crippen molar-refractivity contribution in [1.29, 1.82) is 0 Å². The molecule has 2 aromatic carbocycles. The Morgan fingerprint density at radius 3 is 2.71 bits per heavy atom. The van der Waals surface area contributed by atoms with E-state index in [1.165, 1.54) is 0 Å². The highest BCUT2D eigenvalue weighted by Gasteiger charge is 2.40. The third kappa shape index (κ3) is 5.60. The molecule has 1 aliphatic heterocycles. The van der Waals surface area contributed by atoms with Gasteiger partial charge >= 0.3 is 0 Å². The van der Waals surface area contributed by atoms with Gasteiger partial charge in [-0.15, -0.1) is 0 Å². The number of hydrogen-bond acceptors (Lipinski definition) is 3. The van der Waals surface area contributed by atoms with E-state index in [1.54, 1.807) is 18.2 Å². The summed E-state index contributed by atoms with van der Waals surface area (Å²) in [6.07, 6.45) is 4.35. The van der Waals surface area contributed by atoms with Crippen molar-refractivity contribution >= 4 is 41.1 Å². The van der Waals surface area contributed by atoms with E-state index >= 15 is 0 Å². The van der Waals surface area contributed by atoms with Crippen LogP contribution in [0.15, 0.2) is 54.3 Å². The number of ether oxygens (including phenoxy) is 1. The molecule has 1 aliphatic carbocycles. The highest BCUT2D eigenvalue weighted by molar-refractivity contribution is 6.30. The van der Waals surface area contributed by atoms with E-state index in [0.29, 0.717) is 29.4 Å². The van der Waals surface area contributed by atoms with Crippen LogP contribution >= 0.6 is 23.2 Å². The predicted molar refractivity (Wildman–Crippen MR) is 122 cm³/mol. The monoisotopic (exact) mass is 458 g/mol. The first-order valence-corrected chi connectivity index (χ1v) is 11.2. The fourth-order valence-corrected chi connectivity index (χ4v) is 4.43. The second kappa shape index (κ2) is 9.75. The minimum absolute atomic E-state index is 0.0296.